The van der Waals surface area contributed by atoms with Crippen molar-refractivity contribution in [3.8, 4) is 0 Å². The predicted octanol–water partition coefficient (Wildman–Crippen LogP) is 2.78. The fourth-order valence-corrected chi connectivity index (χ4v) is 1.38. The van der Waals surface area contributed by atoms with Crippen molar-refractivity contribution >= 4 is 17.6 Å². The Kier molecular flexibility index (Phi) is 5.27. The summed E-state index contributed by atoms with van der Waals surface area (Å²) in [5.41, 5.74) is 0.798. The van der Waals surface area contributed by atoms with Gasteiger partial charge < -0.3 is 0 Å². The summed E-state index contributed by atoms with van der Waals surface area (Å²) in [7, 11) is 0. The lowest BCUT2D eigenvalue weighted by molar-refractivity contribution is 0.0979. The Balaban J connectivity index is 2.29. The Morgan fingerprint density at radius 3 is 2.57 bits per heavy atom. The van der Waals surface area contributed by atoms with Gasteiger partial charge in [-0.3, -0.25) is 4.79 Å². The molecule has 1 N–H and O–H groups in total. The molecule has 1 rings (SSSR count). The van der Waals surface area contributed by atoms with E-state index in [4.69, 9.17) is 11.8 Å². The lowest BCUT2D eigenvalue weighted by atomic mass is 10.1. The molecule has 0 amide bonds. The van der Waals surface area contributed by atoms with Crippen LogP contribution in [0.25, 0.3) is 0 Å². The zero-order valence-corrected chi connectivity index (χ0v) is 8.76. The lowest BCUT2D eigenvalue weighted by Crippen LogP contribution is -2.03. The molecule has 0 aromatic heterocycles. The summed E-state index contributed by atoms with van der Waals surface area (Å²) in [5.74, 6) is 0.208. The highest BCUT2D eigenvalue weighted by molar-refractivity contribution is 6.13. The summed E-state index contributed by atoms with van der Waals surface area (Å²) in [6.45, 7) is 0.754. The largest absolute Gasteiger partial charge is 0.294 e. The van der Waals surface area contributed by atoms with Crippen LogP contribution in [0.4, 0.5) is 0 Å². The average molecular weight is 212 g/mol. The second kappa shape index (κ2) is 6.57. The highest BCUT2D eigenvalue weighted by Crippen LogP contribution is 2.06. The van der Waals surface area contributed by atoms with Crippen LogP contribution < -0.4 is 4.84 Å². The smallest absolute Gasteiger partial charge is 0.162 e. The van der Waals surface area contributed by atoms with E-state index < -0.39 is 0 Å². The number of hydrogen-bond acceptors (Lipinski definition) is 2. The zero-order valence-electron chi connectivity index (χ0n) is 8.00. The van der Waals surface area contributed by atoms with Gasteiger partial charge in [0.1, 0.15) is 0 Å². The molecule has 0 atom stereocenters. The molecule has 76 valence electrons. The van der Waals surface area contributed by atoms with E-state index in [2.05, 4.69) is 4.84 Å². The molecule has 0 heterocycles. The first-order chi connectivity index (χ1) is 6.84. The third kappa shape index (κ3) is 3.90. The quantitative estimate of drug-likeness (QED) is 0.446. The second-order valence-corrected chi connectivity index (χ2v) is 3.40. The molecular weight excluding hydrogens is 198 g/mol. The van der Waals surface area contributed by atoms with Crippen LogP contribution in [-0.2, 0) is 0 Å². The number of halogens is 1. The topological polar surface area (TPSA) is 29.1 Å². The molecule has 0 bridgehead atoms. The molecule has 0 saturated heterocycles. The Morgan fingerprint density at radius 2 is 1.93 bits per heavy atom. The van der Waals surface area contributed by atoms with E-state index in [1.807, 2.05) is 30.3 Å². The zero-order chi connectivity index (χ0) is 10.2. The van der Waals surface area contributed by atoms with Gasteiger partial charge in [0.15, 0.2) is 5.78 Å². The number of benzene rings is 1. The van der Waals surface area contributed by atoms with Gasteiger partial charge in [0, 0.05) is 18.5 Å². The van der Waals surface area contributed by atoms with Crippen LogP contribution in [0, 0.1) is 0 Å². The minimum atomic E-state index is 0.208. The molecule has 0 aliphatic rings. The highest BCUT2D eigenvalue weighted by Gasteiger charge is 2.03. The number of carbonyl (C=O) groups is 1. The van der Waals surface area contributed by atoms with Crippen molar-refractivity contribution < 1.29 is 4.79 Å². The van der Waals surface area contributed by atoms with Crippen LogP contribution in [0.3, 0.4) is 0 Å². The molecule has 0 fully saturated rings. The fraction of sp³-hybridized carbons (Fsp3) is 0.364. The van der Waals surface area contributed by atoms with Crippen molar-refractivity contribution in [1.29, 1.82) is 0 Å². The van der Waals surface area contributed by atoms with Gasteiger partial charge in [-0.15, -0.1) is 0 Å². The number of Topliss-reactive ketones (excluding diaryl/α,β-unsaturated/α-hetero) is 1. The minimum Gasteiger partial charge on any atom is -0.294 e. The third-order valence-corrected chi connectivity index (χ3v) is 2.21. The number of rotatable bonds is 6. The first-order valence-electron chi connectivity index (χ1n) is 4.76. The number of carbonyl (C=O) groups excluding carboxylic acids is 1. The van der Waals surface area contributed by atoms with Gasteiger partial charge in [-0.2, -0.15) is 0 Å². The van der Waals surface area contributed by atoms with Gasteiger partial charge >= 0.3 is 0 Å². The van der Waals surface area contributed by atoms with Crippen LogP contribution in [0.15, 0.2) is 30.3 Å². The number of nitrogens with one attached hydrogen (secondary N) is 1. The number of hydrogen-bond donors (Lipinski definition) is 1. The van der Waals surface area contributed by atoms with Crippen molar-refractivity contribution in [2.75, 3.05) is 6.54 Å². The van der Waals surface area contributed by atoms with E-state index in [1.54, 1.807) is 0 Å². The molecule has 1 aromatic carbocycles. The third-order valence-electron chi connectivity index (χ3n) is 2.02. The number of ketones is 1. The summed E-state index contributed by atoms with van der Waals surface area (Å²) in [6, 6.07) is 9.37. The first kappa shape index (κ1) is 11.2. The maximum absolute atomic E-state index is 11.6. The monoisotopic (exact) mass is 211 g/mol. The molecular formula is C11H14ClNO. The SMILES string of the molecule is O=C(CCCCNCl)c1ccccc1. The van der Waals surface area contributed by atoms with Crippen LogP contribution in [-0.4, -0.2) is 12.3 Å². The van der Waals surface area contributed by atoms with Crippen molar-refractivity contribution in [3.63, 3.8) is 0 Å². The van der Waals surface area contributed by atoms with Crippen molar-refractivity contribution in [1.82, 2.24) is 4.84 Å². The van der Waals surface area contributed by atoms with Gasteiger partial charge in [-0.05, 0) is 24.6 Å². The Morgan fingerprint density at radius 1 is 1.21 bits per heavy atom. The van der Waals surface area contributed by atoms with E-state index in [0.29, 0.717) is 6.42 Å². The van der Waals surface area contributed by atoms with Gasteiger partial charge in [-0.25, -0.2) is 4.84 Å². The van der Waals surface area contributed by atoms with Crippen LogP contribution in [0.5, 0.6) is 0 Å². The molecule has 0 radical (unpaired) electrons. The first-order valence-corrected chi connectivity index (χ1v) is 5.14. The highest BCUT2D eigenvalue weighted by atomic mass is 35.5. The number of unbranched alkanes of at least 4 members (excludes halogenated alkanes) is 1. The molecule has 1 aromatic rings. The normalized spacial score (nSPS) is 10.1. The Bertz CT molecular complexity index is 274. The van der Waals surface area contributed by atoms with E-state index in [0.717, 1.165) is 24.9 Å². The van der Waals surface area contributed by atoms with Gasteiger partial charge in [0.25, 0.3) is 0 Å². The molecule has 2 nitrogen and oxygen atoms in total. The van der Waals surface area contributed by atoms with E-state index in [-0.39, 0.29) is 5.78 Å². The molecule has 0 spiro atoms. The molecule has 14 heavy (non-hydrogen) atoms. The van der Waals surface area contributed by atoms with E-state index >= 15 is 0 Å². The van der Waals surface area contributed by atoms with Crippen LogP contribution >= 0.6 is 11.8 Å². The molecule has 0 aliphatic heterocycles. The Labute approximate surface area is 89.4 Å². The van der Waals surface area contributed by atoms with E-state index in [1.165, 1.54) is 0 Å². The minimum absolute atomic E-state index is 0.208. The summed E-state index contributed by atoms with van der Waals surface area (Å²) in [5, 5.41) is 0. The molecule has 3 heteroatoms. The van der Waals surface area contributed by atoms with Gasteiger partial charge in [0.2, 0.25) is 0 Å². The summed E-state index contributed by atoms with van der Waals surface area (Å²) in [4.78, 5) is 14.1. The van der Waals surface area contributed by atoms with E-state index in [9.17, 15) is 4.79 Å². The maximum Gasteiger partial charge on any atom is 0.162 e. The van der Waals surface area contributed by atoms with Crippen LogP contribution in [0.2, 0.25) is 0 Å². The van der Waals surface area contributed by atoms with Gasteiger partial charge in [-0.1, -0.05) is 30.3 Å². The molecule has 0 saturated carbocycles. The predicted molar refractivity (Wildman–Crippen MR) is 58.5 cm³/mol. The van der Waals surface area contributed by atoms with Crippen molar-refractivity contribution in [3.05, 3.63) is 35.9 Å². The summed E-state index contributed by atoms with van der Waals surface area (Å²) < 4.78 is 0. The standard InChI is InChI=1S/C11H14ClNO/c12-13-9-5-4-8-11(14)10-6-2-1-3-7-10/h1-3,6-7,13H,4-5,8-9H2. The Hall–Kier alpha value is -0.860. The summed E-state index contributed by atoms with van der Waals surface area (Å²) >= 11 is 5.30. The van der Waals surface area contributed by atoms with Crippen molar-refractivity contribution in [2.45, 2.75) is 19.3 Å². The van der Waals surface area contributed by atoms with Gasteiger partial charge in [0.05, 0.1) is 0 Å². The average Bonchev–Trinajstić information content (AvgIpc) is 2.25. The summed E-state index contributed by atoms with van der Waals surface area (Å²) in [6.07, 6.45) is 2.41. The molecule has 0 unspecified atom stereocenters. The maximum atomic E-state index is 11.6. The van der Waals surface area contributed by atoms with Crippen molar-refractivity contribution in [2.24, 2.45) is 0 Å². The van der Waals surface area contributed by atoms with Crippen LogP contribution in [0.1, 0.15) is 29.6 Å². The lowest BCUT2D eigenvalue weighted by Gasteiger charge is -2.00. The fourth-order valence-electron chi connectivity index (χ4n) is 1.25. The molecule has 0 aliphatic carbocycles. The second-order valence-electron chi connectivity index (χ2n) is 3.13.